The summed E-state index contributed by atoms with van der Waals surface area (Å²) in [4.78, 5) is 25.7. The standard InChI is InChI=1S/C24H46N2O3.C5H11NO2/c1-3-4-5-6-7-8-9-10-11-12-13-14-15-16-17-18-23-25-19-20-26(23,22(2)27)21-24(28)29;1-6(2,3)4-5(7)8/h22,27H,3-21H2,1-2H3;4H2,1-3H3/p+1. The Hall–Kier alpha value is -1.51. The van der Waals surface area contributed by atoms with Gasteiger partial charge in [0, 0.05) is 13.3 Å². The molecule has 0 aliphatic carbocycles. The van der Waals surface area contributed by atoms with E-state index in [9.17, 15) is 24.9 Å². The topological polar surface area (TPSA) is 110 Å². The van der Waals surface area contributed by atoms with E-state index in [0.717, 1.165) is 18.7 Å². The number of hydrogen-bond donors (Lipinski definition) is 2. The predicted octanol–water partition coefficient (Wildman–Crippen LogP) is 4.34. The van der Waals surface area contributed by atoms with Crippen molar-refractivity contribution < 1.29 is 33.9 Å². The minimum absolute atomic E-state index is 0.0603. The van der Waals surface area contributed by atoms with E-state index in [1.165, 1.54) is 89.9 Å². The van der Waals surface area contributed by atoms with Crippen LogP contribution in [-0.4, -0.2) is 90.5 Å². The molecule has 0 aromatic rings. The zero-order chi connectivity index (χ0) is 28.2. The monoisotopic (exact) mass is 528 g/mol. The molecule has 8 heteroatoms. The Balaban J connectivity index is 0.00000139. The lowest BCUT2D eigenvalue weighted by molar-refractivity contribution is -0.877. The molecule has 2 atom stereocenters. The third-order valence-electron chi connectivity index (χ3n) is 7.05. The van der Waals surface area contributed by atoms with Crippen molar-refractivity contribution in [2.24, 2.45) is 4.99 Å². The molecular weight excluding hydrogens is 470 g/mol. The number of aliphatic carboxylic acids is 2. The highest BCUT2D eigenvalue weighted by Crippen LogP contribution is 2.23. The van der Waals surface area contributed by atoms with Gasteiger partial charge in [0.1, 0.15) is 13.1 Å². The summed E-state index contributed by atoms with van der Waals surface area (Å²) in [6.07, 6.45) is 20.2. The molecule has 218 valence electrons. The number of likely N-dealkylation sites (N-methyl/N-ethyl adjacent to an activating group) is 1. The molecule has 0 radical (unpaired) electrons. The summed E-state index contributed by atoms with van der Waals surface area (Å²) in [6, 6.07) is 0. The van der Waals surface area contributed by atoms with Gasteiger partial charge in [0.25, 0.3) is 0 Å². The molecule has 0 bridgehead atoms. The van der Waals surface area contributed by atoms with Crippen LogP contribution in [0.25, 0.3) is 0 Å². The Kier molecular flexibility index (Phi) is 19.6. The molecule has 0 aromatic carbocycles. The average molecular weight is 529 g/mol. The first-order chi connectivity index (χ1) is 17.4. The second-order valence-electron chi connectivity index (χ2n) is 11.8. The molecular formula is C29H58N3O5+. The molecule has 8 nitrogen and oxygen atoms in total. The highest BCUT2D eigenvalue weighted by atomic mass is 16.4. The number of carbonyl (C=O) groups excluding carboxylic acids is 1. The Morgan fingerprint density at radius 2 is 1.32 bits per heavy atom. The Morgan fingerprint density at radius 3 is 1.65 bits per heavy atom. The van der Waals surface area contributed by atoms with E-state index >= 15 is 0 Å². The van der Waals surface area contributed by atoms with Crippen molar-refractivity contribution in [2.45, 2.75) is 123 Å². The van der Waals surface area contributed by atoms with Crippen LogP contribution >= 0.6 is 0 Å². The van der Waals surface area contributed by atoms with E-state index < -0.39 is 18.2 Å². The third-order valence-corrected chi connectivity index (χ3v) is 7.05. The minimum atomic E-state index is -1.00. The Morgan fingerprint density at radius 1 is 0.892 bits per heavy atom. The van der Waals surface area contributed by atoms with Gasteiger partial charge in [0.2, 0.25) is 5.84 Å². The lowest BCUT2D eigenvalue weighted by atomic mass is 10.0. The van der Waals surface area contributed by atoms with Crippen LogP contribution in [-0.2, 0) is 9.59 Å². The van der Waals surface area contributed by atoms with Crippen LogP contribution in [0.4, 0.5) is 0 Å². The van der Waals surface area contributed by atoms with E-state index in [-0.39, 0.29) is 17.6 Å². The molecule has 0 saturated heterocycles. The lowest BCUT2D eigenvalue weighted by Crippen LogP contribution is -2.59. The van der Waals surface area contributed by atoms with Crippen molar-refractivity contribution in [3.63, 3.8) is 0 Å². The smallest absolute Gasteiger partial charge is 0.359 e. The number of amidine groups is 1. The van der Waals surface area contributed by atoms with Gasteiger partial charge in [-0.15, -0.1) is 0 Å². The number of carboxylic acid groups (broad SMARTS) is 2. The van der Waals surface area contributed by atoms with Crippen LogP contribution in [0.3, 0.4) is 0 Å². The number of aliphatic hydroxyl groups is 1. The maximum absolute atomic E-state index is 11.2. The third kappa shape index (κ3) is 18.4. The molecule has 37 heavy (non-hydrogen) atoms. The van der Waals surface area contributed by atoms with Crippen molar-refractivity contribution in [1.29, 1.82) is 0 Å². The van der Waals surface area contributed by atoms with Crippen molar-refractivity contribution in [3.05, 3.63) is 0 Å². The number of carboxylic acids is 2. The fraction of sp³-hybridized carbons (Fsp3) is 0.897. The average Bonchev–Trinajstić information content (AvgIpc) is 3.18. The largest absolute Gasteiger partial charge is 0.544 e. The fourth-order valence-corrected chi connectivity index (χ4v) is 4.92. The Bertz CT molecular complexity index is 646. The molecule has 1 aliphatic rings. The van der Waals surface area contributed by atoms with E-state index in [1.54, 1.807) is 28.1 Å². The van der Waals surface area contributed by atoms with Gasteiger partial charge >= 0.3 is 5.97 Å². The zero-order valence-corrected chi connectivity index (χ0v) is 24.7. The molecule has 0 saturated carbocycles. The molecule has 1 rings (SSSR count). The normalized spacial score (nSPS) is 18.2. The van der Waals surface area contributed by atoms with Gasteiger partial charge in [-0.3, -0.25) is 0 Å². The van der Waals surface area contributed by atoms with Crippen molar-refractivity contribution >= 4 is 17.8 Å². The number of rotatable bonds is 21. The molecule has 2 N–H and O–H groups in total. The minimum Gasteiger partial charge on any atom is -0.544 e. The van der Waals surface area contributed by atoms with Crippen molar-refractivity contribution in [2.75, 3.05) is 47.3 Å². The molecule has 1 heterocycles. The maximum Gasteiger partial charge on any atom is 0.359 e. The van der Waals surface area contributed by atoms with E-state index in [0.29, 0.717) is 17.6 Å². The van der Waals surface area contributed by atoms with Crippen molar-refractivity contribution in [1.82, 2.24) is 0 Å². The molecule has 2 unspecified atom stereocenters. The summed E-state index contributed by atoms with van der Waals surface area (Å²) in [5, 5.41) is 29.3. The number of aliphatic hydroxyl groups excluding tert-OH is 1. The SMILES string of the molecule is CCCCCCCCCCCCCCCCCC1=NCC[N+]1(CC(=O)O)C(C)O.C[N+](C)(C)CC(=O)[O-]. The van der Waals surface area contributed by atoms with Crippen LogP contribution in [0.15, 0.2) is 4.99 Å². The first-order valence-electron chi connectivity index (χ1n) is 14.8. The summed E-state index contributed by atoms with van der Waals surface area (Å²) >= 11 is 0. The van der Waals surface area contributed by atoms with Gasteiger partial charge in [0.15, 0.2) is 12.8 Å². The number of nitrogens with zero attached hydrogens (tertiary/aromatic N) is 3. The predicted molar refractivity (Wildman–Crippen MR) is 149 cm³/mol. The second-order valence-corrected chi connectivity index (χ2v) is 11.8. The Labute approximate surface area is 226 Å². The molecule has 0 amide bonds. The van der Waals surface area contributed by atoms with E-state index in [4.69, 9.17) is 0 Å². The summed E-state index contributed by atoms with van der Waals surface area (Å²) in [5.41, 5.74) is 0. The van der Waals surface area contributed by atoms with Gasteiger partial charge in [0.05, 0.1) is 33.7 Å². The molecule has 0 aromatic heterocycles. The van der Waals surface area contributed by atoms with E-state index in [1.807, 2.05) is 0 Å². The zero-order valence-electron chi connectivity index (χ0n) is 24.7. The van der Waals surface area contributed by atoms with Gasteiger partial charge in [-0.25, -0.2) is 14.3 Å². The van der Waals surface area contributed by atoms with Gasteiger partial charge in [-0.2, -0.15) is 0 Å². The van der Waals surface area contributed by atoms with Crippen LogP contribution in [0.1, 0.15) is 117 Å². The lowest BCUT2D eigenvalue weighted by Gasteiger charge is -2.35. The second kappa shape index (κ2) is 20.5. The number of carbonyl (C=O) groups is 2. The molecule has 1 aliphatic heterocycles. The molecule has 0 fully saturated rings. The van der Waals surface area contributed by atoms with Crippen LogP contribution in [0.2, 0.25) is 0 Å². The summed E-state index contributed by atoms with van der Waals surface area (Å²) in [5.74, 6) is -0.980. The van der Waals surface area contributed by atoms with Crippen LogP contribution in [0, 0.1) is 0 Å². The van der Waals surface area contributed by atoms with Gasteiger partial charge in [-0.05, 0) is 6.42 Å². The fourth-order valence-electron chi connectivity index (χ4n) is 4.92. The maximum atomic E-state index is 11.2. The summed E-state index contributed by atoms with van der Waals surface area (Å²) < 4.78 is 0.552. The first-order valence-corrected chi connectivity index (χ1v) is 14.8. The number of aliphatic imine (C=N–C) groups is 1. The van der Waals surface area contributed by atoms with Crippen LogP contribution in [0.5, 0.6) is 0 Å². The van der Waals surface area contributed by atoms with Gasteiger partial charge in [-0.1, -0.05) is 96.8 Å². The highest BCUT2D eigenvalue weighted by Gasteiger charge is 2.43. The van der Waals surface area contributed by atoms with E-state index in [2.05, 4.69) is 11.9 Å². The summed E-state index contributed by atoms with van der Waals surface area (Å²) in [7, 11) is 5.40. The number of unbranched alkanes of at least 4 members (excludes halogenated alkanes) is 14. The van der Waals surface area contributed by atoms with Crippen LogP contribution < -0.4 is 5.11 Å². The number of quaternary nitrogens is 2. The van der Waals surface area contributed by atoms with Gasteiger partial charge < -0.3 is 24.6 Å². The molecule has 0 spiro atoms. The highest BCUT2D eigenvalue weighted by molar-refractivity contribution is 5.80. The summed E-state index contributed by atoms with van der Waals surface area (Å²) in [6.45, 7) is 5.21. The van der Waals surface area contributed by atoms with Crippen molar-refractivity contribution in [3.8, 4) is 0 Å². The quantitative estimate of drug-likeness (QED) is 0.170. The first kappa shape index (κ1) is 35.5. The number of hydrogen-bond acceptors (Lipinski definition) is 5.